The van der Waals surface area contributed by atoms with Crippen LogP contribution in [0.1, 0.15) is 37.6 Å². The van der Waals surface area contributed by atoms with Crippen molar-refractivity contribution in [2.24, 2.45) is 0 Å². The van der Waals surface area contributed by atoms with Crippen LogP contribution in [0.4, 0.5) is 10.5 Å². The normalized spacial score (nSPS) is 14.3. The average molecular weight is 521 g/mol. The minimum Gasteiger partial charge on any atom is -0.478 e. The fourth-order valence-electron chi connectivity index (χ4n) is 3.66. The van der Waals surface area contributed by atoms with Gasteiger partial charge in [0.05, 0.1) is 16.0 Å². The van der Waals surface area contributed by atoms with Gasteiger partial charge in [0.1, 0.15) is 18.1 Å². The SMILES string of the molecule is Cc1ccc(NC(=O)CN2C(=O)S/C(=C/c3ccc(-c4cc(C(=O)O)cc(C(=O)O)c4)o3)C2=O)c(C)c1. The van der Waals surface area contributed by atoms with Crippen LogP contribution in [-0.4, -0.2) is 50.6 Å². The molecule has 0 saturated carbocycles. The molecule has 11 heteroatoms. The zero-order valence-electron chi connectivity index (χ0n) is 19.6. The molecule has 37 heavy (non-hydrogen) atoms. The minimum absolute atomic E-state index is 0.0377. The van der Waals surface area contributed by atoms with E-state index in [0.717, 1.165) is 22.1 Å². The molecule has 0 atom stereocenters. The van der Waals surface area contributed by atoms with Crippen molar-refractivity contribution in [3.05, 3.63) is 81.5 Å². The van der Waals surface area contributed by atoms with Crippen molar-refractivity contribution in [3.8, 4) is 11.3 Å². The average Bonchev–Trinajstić information content (AvgIpc) is 3.41. The first-order chi connectivity index (χ1) is 17.5. The first kappa shape index (κ1) is 25.5. The van der Waals surface area contributed by atoms with Crippen LogP contribution < -0.4 is 5.32 Å². The number of carboxylic acid groups (broad SMARTS) is 2. The first-order valence-electron chi connectivity index (χ1n) is 10.9. The Hall–Kier alpha value is -4.64. The highest BCUT2D eigenvalue weighted by Crippen LogP contribution is 2.33. The number of carbonyl (C=O) groups is 5. The van der Waals surface area contributed by atoms with Gasteiger partial charge in [-0.15, -0.1) is 0 Å². The highest BCUT2D eigenvalue weighted by Gasteiger charge is 2.36. The second kappa shape index (κ2) is 10.2. The van der Waals surface area contributed by atoms with E-state index in [9.17, 15) is 34.2 Å². The van der Waals surface area contributed by atoms with Crippen molar-refractivity contribution < 1.29 is 38.6 Å². The first-order valence-corrected chi connectivity index (χ1v) is 11.7. The lowest BCUT2D eigenvalue weighted by atomic mass is 10.0. The number of carbonyl (C=O) groups excluding carboxylic acids is 3. The Morgan fingerprint density at radius 3 is 2.27 bits per heavy atom. The zero-order valence-corrected chi connectivity index (χ0v) is 20.4. The van der Waals surface area contributed by atoms with E-state index < -0.39 is 35.5 Å². The van der Waals surface area contributed by atoms with Crippen molar-refractivity contribution in [1.82, 2.24) is 4.90 Å². The van der Waals surface area contributed by atoms with E-state index in [2.05, 4.69) is 5.32 Å². The van der Waals surface area contributed by atoms with E-state index in [1.807, 2.05) is 26.0 Å². The van der Waals surface area contributed by atoms with Crippen LogP contribution in [0, 0.1) is 13.8 Å². The minimum atomic E-state index is -1.30. The Kier molecular flexibility index (Phi) is 6.98. The van der Waals surface area contributed by atoms with Gasteiger partial charge in [0.25, 0.3) is 11.1 Å². The highest BCUT2D eigenvalue weighted by atomic mass is 32.2. The summed E-state index contributed by atoms with van der Waals surface area (Å²) in [5.41, 5.74) is 2.22. The van der Waals surface area contributed by atoms with Gasteiger partial charge in [-0.05, 0) is 67.6 Å². The molecular weight excluding hydrogens is 500 g/mol. The van der Waals surface area contributed by atoms with Gasteiger partial charge < -0.3 is 19.9 Å². The molecule has 0 spiro atoms. The second-order valence-electron chi connectivity index (χ2n) is 8.25. The maximum Gasteiger partial charge on any atom is 0.335 e. The van der Waals surface area contributed by atoms with Gasteiger partial charge >= 0.3 is 11.9 Å². The molecule has 0 bridgehead atoms. The molecule has 0 radical (unpaired) electrons. The van der Waals surface area contributed by atoms with Crippen LogP contribution in [0.5, 0.6) is 0 Å². The molecule has 3 N–H and O–H groups in total. The standard InChI is InChI=1S/C26H20N2O8S/c1-13-3-5-19(14(2)7-13)27-22(29)12-28-23(30)21(37-26(28)35)11-18-4-6-20(36-18)15-8-16(24(31)32)10-17(9-15)25(33)34/h3-11H,12H2,1-2H3,(H,27,29)(H,31,32)(H,33,34)/b21-11+. The molecular formula is C26H20N2O8S. The Morgan fingerprint density at radius 1 is 0.973 bits per heavy atom. The van der Waals surface area contributed by atoms with E-state index in [0.29, 0.717) is 17.4 Å². The van der Waals surface area contributed by atoms with Gasteiger partial charge in [0.15, 0.2) is 0 Å². The topological polar surface area (TPSA) is 154 Å². The molecule has 10 nitrogen and oxygen atoms in total. The maximum absolute atomic E-state index is 12.8. The van der Waals surface area contributed by atoms with E-state index in [1.165, 1.54) is 30.3 Å². The summed E-state index contributed by atoms with van der Waals surface area (Å²) in [6.45, 7) is 3.30. The lowest BCUT2D eigenvalue weighted by Crippen LogP contribution is -2.36. The Balaban J connectivity index is 1.51. The van der Waals surface area contributed by atoms with E-state index in [-0.39, 0.29) is 33.1 Å². The summed E-state index contributed by atoms with van der Waals surface area (Å²) in [4.78, 5) is 61.3. The third-order valence-corrected chi connectivity index (χ3v) is 6.35. The van der Waals surface area contributed by atoms with Crippen molar-refractivity contribution in [1.29, 1.82) is 0 Å². The van der Waals surface area contributed by atoms with Crippen molar-refractivity contribution in [2.45, 2.75) is 13.8 Å². The number of anilines is 1. The second-order valence-corrected chi connectivity index (χ2v) is 9.24. The number of amides is 3. The van der Waals surface area contributed by atoms with E-state index in [1.54, 1.807) is 6.07 Å². The largest absolute Gasteiger partial charge is 0.478 e. The lowest BCUT2D eigenvalue weighted by Gasteiger charge is -2.13. The number of nitrogens with one attached hydrogen (secondary N) is 1. The number of hydrogen-bond donors (Lipinski definition) is 3. The van der Waals surface area contributed by atoms with Crippen molar-refractivity contribution in [2.75, 3.05) is 11.9 Å². The molecule has 1 aliphatic heterocycles. The predicted octanol–water partition coefficient (Wildman–Crippen LogP) is 4.63. The van der Waals surface area contributed by atoms with Crippen LogP contribution in [0.3, 0.4) is 0 Å². The van der Waals surface area contributed by atoms with Crippen molar-refractivity contribution >= 4 is 52.5 Å². The van der Waals surface area contributed by atoms with E-state index >= 15 is 0 Å². The summed E-state index contributed by atoms with van der Waals surface area (Å²) in [5.74, 6) is -3.44. The Bertz CT molecular complexity index is 1470. The summed E-state index contributed by atoms with van der Waals surface area (Å²) < 4.78 is 5.67. The predicted molar refractivity (Wildman–Crippen MR) is 135 cm³/mol. The third kappa shape index (κ3) is 5.62. The van der Waals surface area contributed by atoms with Crippen LogP contribution in [0.2, 0.25) is 0 Å². The Morgan fingerprint density at radius 2 is 1.65 bits per heavy atom. The number of nitrogens with zero attached hydrogens (tertiary/aromatic N) is 1. The van der Waals surface area contributed by atoms with Crippen LogP contribution in [0.25, 0.3) is 17.4 Å². The van der Waals surface area contributed by atoms with Gasteiger partial charge in [-0.2, -0.15) is 0 Å². The number of aryl methyl sites for hydroxylation is 2. The molecule has 2 aromatic carbocycles. The quantitative estimate of drug-likeness (QED) is 0.378. The molecule has 188 valence electrons. The van der Waals surface area contributed by atoms with Gasteiger partial charge in [-0.25, -0.2) is 9.59 Å². The van der Waals surface area contributed by atoms with E-state index in [4.69, 9.17) is 4.42 Å². The van der Waals surface area contributed by atoms with Crippen LogP contribution >= 0.6 is 11.8 Å². The summed E-state index contributed by atoms with van der Waals surface area (Å²) in [7, 11) is 0. The van der Waals surface area contributed by atoms with Gasteiger partial charge in [0.2, 0.25) is 5.91 Å². The molecule has 3 aromatic rings. The van der Waals surface area contributed by atoms with Gasteiger partial charge in [0, 0.05) is 17.3 Å². The number of carboxylic acids is 2. The smallest absolute Gasteiger partial charge is 0.335 e. The van der Waals surface area contributed by atoms with Gasteiger partial charge in [-0.1, -0.05) is 17.7 Å². The number of aromatic carboxylic acids is 2. The number of thioether (sulfide) groups is 1. The molecule has 0 unspecified atom stereocenters. The molecule has 2 heterocycles. The maximum atomic E-state index is 12.8. The number of benzene rings is 2. The summed E-state index contributed by atoms with van der Waals surface area (Å²) in [6.07, 6.45) is 1.33. The summed E-state index contributed by atoms with van der Waals surface area (Å²) >= 11 is 0.651. The molecule has 1 aliphatic rings. The van der Waals surface area contributed by atoms with Crippen LogP contribution in [0.15, 0.2) is 57.9 Å². The summed E-state index contributed by atoms with van der Waals surface area (Å²) in [5, 5.41) is 20.6. The number of furan rings is 1. The number of imide groups is 1. The number of rotatable bonds is 7. The number of hydrogen-bond acceptors (Lipinski definition) is 7. The monoisotopic (exact) mass is 520 g/mol. The van der Waals surface area contributed by atoms with Crippen LogP contribution in [-0.2, 0) is 9.59 Å². The van der Waals surface area contributed by atoms with Gasteiger partial charge in [-0.3, -0.25) is 19.3 Å². The fourth-order valence-corrected chi connectivity index (χ4v) is 4.47. The summed E-state index contributed by atoms with van der Waals surface area (Å²) in [6, 6.07) is 12.0. The molecule has 1 fully saturated rings. The molecule has 1 aromatic heterocycles. The Labute approximate surface area is 214 Å². The van der Waals surface area contributed by atoms with Crippen molar-refractivity contribution in [3.63, 3.8) is 0 Å². The zero-order chi connectivity index (χ0) is 26.9. The third-order valence-electron chi connectivity index (χ3n) is 5.44. The molecule has 4 rings (SSSR count). The highest BCUT2D eigenvalue weighted by molar-refractivity contribution is 8.18. The molecule has 1 saturated heterocycles. The fraction of sp³-hybridized carbons (Fsp3) is 0.115. The lowest BCUT2D eigenvalue weighted by molar-refractivity contribution is -0.127. The molecule has 0 aliphatic carbocycles. The molecule has 3 amide bonds.